The van der Waals surface area contributed by atoms with E-state index in [-0.39, 0.29) is 18.8 Å². The maximum atomic E-state index is 12.1. The maximum absolute atomic E-state index is 12.1. The molecule has 128 valence electrons. The third kappa shape index (κ3) is 6.39. The van der Waals surface area contributed by atoms with Gasteiger partial charge in [0, 0.05) is 34.0 Å². The van der Waals surface area contributed by atoms with Gasteiger partial charge in [-0.2, -0.15) is 0 Å². The van der Waals surface area contributed by atoms with Crippen LogP contribution in [0.4, 0.5) is 4.79 Å². The SMILES string of the molecule is C=C(C)C(=O)OCCOC(=O)N(C(OC)OC)C(OC)OC. The van der Waals surface area contributed by atoms with Crippen molar-refractivity contribution in [2.45, 2.75) is 19.8 Å². The molecule has 0 aliphatic heterocycles. The Morgan fingerprint density at radius 2 is 1.32 bits per heavy atom. The van der Waals surface area contributed by atoms with Gasteiger partial charge < -0.3 is 28.4 Å². The highest BCUT2D eigenvalue weighted by Gasteiger charge is 2.33. The molecule has 0 radical (unpaired) electrons. The van der Waals surface area contributed by atoms with E-state index < -0.39 is 24.9 Å². The Labute approximate surface area is 129 Å². The van der Waals surface area contributed by atoms with Crippen LogP contribution in [0.15, 0.2) is 12.2 Å². The smallest absolute Gasteiger partial charge is 0.417 e. The molecule has 0 N–H and O–H groups in total. The summed E-state index contributed by atoms with van der Waals surface area (Å²) in [6.07, 6.45) is -2.97. The lowest BCUT2D eigenvalue weighted by Gasteiger charge is -2.32. The molecule has 1 amide bonds. The van der Waals surface area contributed by atoms with Crippen LogP contribution >= 0.6 is 0 Å². The van der Waals surface area contributed by atoms with Crippen molar-refractivity contribution in [1.82, 2.24) is 4.90 Å². The number of carbonyl (C=O) groups is 2. The number of esters is 1. The Balaban J connectivity index is 4.57. The summed E-state index contributed by atoms with van der Waals surface area (Å²) < 4.78 is 29.7. The van der Waals surface area contributed by atoms with Crippen LogP contribution in [0.5, 0.6) is 0 Å². The van der Waals surface area contributed by atoms with Crippen molar-refractivity contribution in [3.05, 3.63) is 12.2 Å². The second-order valence-electron chi connectivity index (χ2n) is 3.99. The maximum Gasteiger partial charge on any atom is 0.417 e. The van der Waals surface area contributed by atoms with Gasteiger partial charge in [0.1, 0.15) is 13.2 Å². The van der Waals surface area contributed by atoms with Gasteiger partial charge in [-0.05, 0) is 6.92 Å². The van der Waals surface area contributed by atoms with E-state index in [1.165, 1.54) is 35.4 Å². The third-order valence-electron chi connectivity index (χ3n) is 2.36. The zero-order valence-electron chi connectivity index (χ0n) is 13.5. The van der Waals surface area contributed by atoms with Crippen molar-refractivity contribution in [1.29, 1.82) is 0 Å². The second-order valence-corrected chi connectivity index (χ2v) is 3.99. The monoisotopic (exact) mass is 321 g/mol. The van der Waals surface area contributed by atoms with E-state index in [0.717, 1.165) is 4.90 Å². The summed E-state index contributed by atoms with van der Waals surface area (Å²) in [5, 5.41) is 0. The average molecular weight is 321 g/mol. The number of ether oxygens (including phenoxy) is 6. The molecule has 0 rings (SSSR count). The van der Waals surface area contributed by atoms with E-state index in [2.05, 4.69) is 6.58 Å². The molecule has 9 nitrogen and oxygen atoms in total. The molecule has 0 saturated heterocycles. The quantitative estimate of drug-likeness (QED) is 0.251. The Morgan fingerprint density at radius 3 is 1.68 bits per heavy atom. The fraction of sp³-hybridized carbons (Fsp3) is 0.692. The molecule has 0 aromatic rings. The van der Waals surface area contributed by atoms with Gasteiger partial charge in [-0.1, -0.05) is 6.58 Å². The molecule has 0 atom stereocenters. The van der Waals surface area contributed by atoms with Gasteiger partial charge in [-0.25, -0.2) is 14.5 Å². The molecule has 0 saturated carbocycles. The van der Waals surface area contributed by atoms with Crippen LogP contribution in [0.25, 0.3) is 0 Å². The minimum Gasteiger partial charge on any atom is -0.459 e. The summed E-state index contributed by atoms with van der Waals surface area (Å²) in [6, 6.07) is 0. The Kier molecular flexibility index (Phi) is 10.1. The van der Waals surface area contributed by atoms with Gasteiger partial charge in [0.2, 0.25) is 12.8 Å². The van der Waals surface area contributed by atoms with E-state index in [0.29, 0.717) is 0 Å². The van der Waals surface area contributed by atoms with Crippen LogP contribution in [0.3, 0.4) is 0 Å². The van der Waals surface area contributed by atoms with Crippen molar-refractivity contribution in [3.8, 4) is 0 Å². The normalized spacial score (nSPS) is 10.7. The highest BCUT2D eigenvalue weighted by atomic mass is 16.7. The molecule has 0 unspecified atom stereocenters. The minimum atomic E-state index is -1.07. The molecule has 0 bridgehead atoms. The fourth-order valence-electron chi connectivity index (χ4n) is 1.38. The van der Waals surface area contributed by atoms with E-state index in [9.17, 15) is 9.59 Å². The molecular formula is C13H23NO8. The van der Waals surface area contributed by atoms with Crippen LogP contribution in [-0.2, 0) is 33.2 Å². The summed E-state index contributed by atoms with van der Waals surface area (Å²) in [7, 11) is 5.36. The zero-order valence-corrected chi connectivity index (χ0v) is 13.5. The van der Waals surface area contributed by atoms with Crippen molar-refractivity contribution < 1.29 is 38.0 Å². The highest BCUT2D eigenvalue weighted by Crippen LogP contribution is 2.11. The number of hydrogen-bond donors (Lipinski definition) is 0. The molecule has 0 heterocycles. The molecule has 0 fully saturated rings. The van der Waals surface area contributed by atoms with Crippen LogP contribution < -0.4 is 0 Å². The summed E-state index contributed by atoms with van der Waals surface area (Å²) in [6.45, 7) is 4.68. The predicted octanol–water partition coefficient (Wildman–Crippen LogP) is 0.697. The molecule has 0 aliphatic rings. The number of amides is 1. The van der Waals surface area contributed by atoms with Crippen molar-refractivity contribution in [3.63, 3.8) is 0 Å². The van der Waals surface area contributed by atoms with Gasteiger partial charge in [-0.15, -0.1) is 0 Å². The third-order valence-corrected chi connectivity index (χ3v) is 2.36. The first kappa shape index (κ1) is 20.3. The van der Waals surface area contributed by atoms with E-state index in [4.69, 9.17) is 28.4 Å². The standard InChI is InChI=1S/C13H23NO8/c1-9(2)10(15)21-7-8-22-11(16)14(12(17-3)18-4)13(19-5)20-6/h12-13H,1,7-8H2,2-6H3. The Morgan fingerprint density at radius 1 is 0.909 bits per heavy atom. The van der Waals surface area contributed by atoms with E-state index in [1.54, 1.807) is 0 Å². The van der Waals surface area contributed by atoms with Gasteiger partial charge in [-0.3, -0.25) is 0 Å². The molecule has 0 aliphatic carbocycles. The number of rotatable bonds is 10. The topological polar surface area (TPSA) is 92.8 Å². The minimum absolute atomic E-state index is 0.111. The Hall–Kier alpha value is -1.68. The van der Waals surface area contributed by atoms with Gasteiger partial charge in [0.05, 0.1) is 0 Å². The summed E-state index contributed by atoms with van der Waals surface area (Å²) in [5.74, 6) is -0.564. The fourth-order valence-corrected chi connectivity index (χ4v) is 1.38. The number of carbonyl (C=O) groups excluding carboxylic acids is 2. The lowest BCUT2D eigenvalue weighted by atomic mass is 10.4. The first-order valence-corrected chi connectivity index (χ1v) is 6.31. The Bertz CT molecular complexity index is 353. The van der Waals surface area contributed by atoms with Crippen molar-refractivity contribution >= 4 is 12.1 Å². The van der Waals surface area contributed by atoms with Crippen LogP contribution in [0, 0.1) is 0 Å². The summed E-state index contributed by atoms with van der Waals surface area (Å²) >= 11 is 0. The lowest BCUT2D eigenvalue weighted by Crippen LogP contribution is -2.51. The van der Waals surface area contributed by atoms with Gasteiger partial charge in [0.15, 0.2) is 0 Å². The molecule has 22 heavy (non-hydrogen) atoms. The summed E-state index contributed by atoms with van der Waals surface area (Å²) in [4.78, 5) is 24.2. The van der Waals surface area contributed by atoms with Crippen LogP contribution in [0.1, 0.15) is 6.92 Å². The lowest BCUT2D eigenvalue weighted by molar-refractivity contribution is -0.281. The van der Waals surface area contributed by atoms with E-state index in [1.807, 2.05) is 0 Å². The average Bonchev–Trinajstić information content (AvgIpc) is 2.51. The van der Waals surface area contributed by atoms with Crippen molar-refractivity contribution in [2.24, 2.45) is 0 Å². The van der Waals surface area contributed by atoms with E-state index >= 15 is 0 Å². The largest absolute Gasteiger partial charge is 0.459 e. The van der Waals surface area contributed by atoms with Gasteiger partial charge in [0.25, 0.3) is 0 Å². The molecule has 0 aromatic heterocycles. The highest BCUT2D eigenvalue weighted by molar-refractivity contribution is 5.86. The van der Waals surface area contributed by atoms with Crippen LogP contribution in [0.2, 0.25) is 0 Å². The van der Waals surface area contributed by atoms with Crippen molar-refractivity contribution in [2.75, 3.05) is 41.7 Å². The van der Waals surface area contributed by atoms with Gasteiger partial charge >= 0.3 is 12.1 Å². The number of hydrogen-bond acceptors (Lipinski definition) is 8. The summed E-state index contributed by atoms with van der Waals surface area (Å²) in [5.41, 5.74) is 0.255. The number of methoxy groups -OCH3 is 4. The molecule has 0 aromatic carbocycles. The molecular weight excluding hydrogens is 298 g/mol. The van der Waals surface area contributed by atoms with Crippen LogP contribution in [-0.4, -0.2) is 71.4 Å². The zero-order chi connectivity index (χ0) is 17.1. The number of nitrogens with zero attached hydrogens (tertiary/aromatic N) is 1. The molecule has 9 heteroatoms. The first-order chi connectivity index (χ1) is 10.4. The first-order valence-electron chi connectivity index (χ1n) is 6.31. The second kappa shape index (κ2) is 11.0. The molecule has 0 spiro atoms. The predicted molar refractivity (Wildman–Crippen MR) is 74.6 cm³/mol.